The van der Waals surface area contributed by atoms with Crippen LogP contribution in [0.1, 0.15) is 30.9 Å². The molecule has 0 radical (unpaired) electrons. The molecule has 0 amide bonds. The summed E-state index contributed by atoms with van der Waals surface area (Å²) in [6, 6.07) is 7.50. The number of carboxylic acid groups (broad SMARTS) is 1. The van der Waals surface area contributed by atoms with Crippen LogP contribution in [0.15, 0.2) is 24.3 Å². The molecule has 0 aromatic heterocycles. The topological polar surface area (TPSA) is 58.6 Å². The van der Waals surface area contributed by atoms with E-state index in [4.69, 9.17) is 9.84 Å². The molecule has 1 aromatic rings. The summed E-state index contributed by atoms with van der Waals surface area (Å²) < 4.78 is 5.10. The third-order valence-corrected chi connectivity index (χ3v) is 3.20. The molecule has 92 valence electrons. The molecule has 1 fully saturated rings. The number of benzene rings is 1. The van der Waals surface area contributed by atoms with Crippen molar-refractivity contribution in [3.8, 4) is 5.75 Å². The Labute approximate surface area is 101 Å². The van der Waals surface area contributed by atoms with E-state index in [-0.39, 0.29) is 6.04 Å². The van der Waals surface area contributed by atoms with Gasteiger partial charge in [0, 0.05) is 6.04 Å². The fourth-order valence-corrected chi connectivity index (χ4v) is 2.23. The summed E-state index contributed by atoms with van der Waals surface area (Å²) in [7, 11) is 1.63. The first-order chi connectivity index (χ1) is 8.20. The van der Waals surface area contributed by atoms with E-state index in [1.54, 1.807) is 7.11 Å². The highest BCUT2D eigenvalue weighted by atomic mass is 16.5. The van der Waals surface area contributed by atoms with Gasteiger partial charge in [-0.25, -0.2) is 0 Å². The third kappa shape index (κ3) is 2.77. The average molecular weight is 235 g/mol. The first-order valence-electron chi connectivity index (χ1n) is 5.83. The van der Waals surface area contributed by atoms with Crippen molar-refractivity contribution in [2.75, 3.05) is 7.11 Å². The number of carbonyl (C=O) groups is 1. The van der Waals surface area contributed by atoms with Gasteiger partial charge in [0.1, 0.15) is 11.8 Å². The molecule has 1 aromatic carbocycles. The number of piperidine rings is 1. The summed E-state index contributed by atoms with van der Waals surface area (Å²) in [5, 5.41) is 12.2. The molecule has 4 heteroatoms. The molecule has 2 atom stereocenters. The van der Waals surface area contributed by atoms with Crippen molar-refractivity contribution in [2.24, 2.45) is 0 Å². The standard InChI is InChI=1S/C13H17NO3/c1-17-10-7-5-9(6-8-10)11-3-2-4-12(14-11)13(15)16/h5-8,11-12,14H,2-4H2,1H3,(H,15,16). The number of rotatable bonds is 3. The Balaban J connectivity index is 2.08. The highest BCUT2D eigenvalue weighted by molar-refractivity contribution is 5.73. The maximum Gasteiger partial charge on any atom is 0.320 e. The Morgan fingerprint density at radius 1 is 1.35 bits per heavy atom. The molecule has 2 N–H and O–H groups in total. The lowest BCUT2D eigenvalue weighted by atomic mass is 9.93. The molecule has 0 saturated carbocycles. The van der Waals surface area contributed by atoms with E-state index in [1.807, 2.05) is 24.3 Å². The fraction of sp³-hybridized carbons (Fsp3) is 0.462. The van der Waals surface area contributed by atoms with Crippen molar-refractivity contribution in [1.29, 1.82) is 0 Å². The molecule has 0 bridgehead atoms. The van der Waals surface area contributed by atoms with E-state index in [2.05, 4.69) is 5.32 Å². The van der Waals surface area contributed by atoms with Gasteiger partial charge in [-0.3, -0.25) is 10.1 Å². The molecular weight excluding hydrogens is 218 g/mol. The first kappa shape index (κ1) is 11.9. The molecule has 1 heterocycles. The van der Waals surface area contributed by atoms with Crippen molar-refractivity contribution < 1.29 is 14.6 Å². The number of hydrogen-bond donors (Lipinski definition) is 2. The van der Waals surface area contributed by atoms with Gasteiger partial charge in [-0.05, 0) is 37.0 Å². The zero-order valence-corrected chi connectivity index (χ0v) is 9.85. The van der Waals surface area contributed by atoms with Crippen molar-refractivity contribution in [3.05, 3.63) is 29.8 Å². The molecule has 1 aliphatic rings. The van der Waals surface area contributed by atoms with E-state index >= 15 is 0 Å². The Morgan fingerprint density at radius 2 is 2.06 bits per heavy atom. The third-order valence-electron chi connectivity index (χ3n) is 3.20. The molecular formula is C13H17NO3. The quantitative estimate of drug-likeness (QED) is 0.841. The van der Waals surface area contributed by atoms with Gasteiger partial charge >= 0.3 is 5.97 Å². The van der Waals surface area contributed by atoms with E-state index < -0.39 is 12.0 Å². The zero-order valence-electron chi connectivity index (χ0n) is 9.85. The monoisotopic (exact) mass is 235 g/mol. The zero-order chi connectivity index (χ0) is 12.3. The van der Waals surface area contributed by atoms with Crippen LogP contribution < -0.4 is 10.1 Å². The minimum atomic E-state index is -0.761. The van der Waals surface area contributed by atoms with E-state index in [0.717, 1.165) is 24.2 Å². The van der Waals surface area contributed by atoms with Crippen LogP contribution in [-0.2, 0) is 4.79 Å². The number of methoxy groups -OCH3 is 1. The van der Waals surface area contributed by atoms with Crippen molar-refractivity contribution in [1.82, 2.24) is 5.32 Å². The molecule has 1 aliphatic heterocycles. The fourth-order valence-electron chi connectivity index (χ4n) is 2.23. The molecule has 2 unspecified atom stereocenters. The number of carboxylic acids is 1. The maximum atomic E-state index is 10.9. The lowest BCUT2D eigenvalue weighted by molar-refractivity contribution is -0.140. The Morgan fingerprint density at radius 3 is 2.65 bits per heavy atom. The summed E-state index contributed by atoms with van der Waals surface area (Å²) in [4.78, 5) is 10.9. The second kappa shape index (κ2) is 5.19. The minimum absolute atomic E-state index is 0.135. The van der Waals surface area contributed by atoms with Gasteiger partial charge in [-0.1, -0.05) is 12.1 Å². The van der Waals surface area contributed by atoms with E-state index in [0.29, 0.717) is 6.42 Å². The summed E-state index contributed by atoms with van der Waals surface area (Å²) in [5.41, 5.74) is 1.12. The van der Waals surface area contributed by atoms with Crippen LogP contribution in [0, 0.1) is 0 Å². The predicted molar refractivity (Wildman–Crippen MR) is 64.1 cm³/mol. The largest absolute Gasteiger partial charge is 0.497 e. The molecule has 0 spiro atoms. The SMILES string of the molecule is COc1ccc(C2CCCC(C(=O)O)N2)cc1. The van der Waals surface area contributed by atoms with Crippen LogP contribution in [0.3, 0.4) is 0 Å². The van der Waals surface area contributed by atoms with Crippen LogP contribution in [-0.4, -0.2) is 24.2 Å². The van der Waals surface area contributed by atoms with Crippen LogP contribution >= 0.6 is 0 Å². The predicted octanol–water partition coefficient (Wildman–Crippen LogP) is 1.96. The molecule has 17 heavy (non-hydrogen) atoms. The second-order valence-electron chi connectivity index (χ2n) is 4.31. The first-order valence-corrected chi connectivity index (χ1v) is 5.83. The molecule has 2 rings (SSSR count). The van der Waals surface area contributed by atoms with Gasteiger partial charge in [0.25, 0.3) is 0 Å². The highest BCUT2D eigenvalue weighted by Crippen LogP contribution is 2.26. The number of aliphatic carboxylic acids is 1. The van der Waals surface area contributed by atoms with Crippen LogP contribution in [0.25, 0.3) is 0 Å². The van der Waals surface area contributed by atoms with E-state index in [1.165, 1.54) is 0 Å². The van der Waals surface area contributed by atoms with Crippen LogP contribution in [0.4, 0.5) is 0 Å². The number of ether oxygens (including phenoxy) is 1. The molecule has 1 saturated heterocycles. The lowest BCUT2D eigenvalue weighted by Gasteiger charge is -2.28. The number of hydrogen-bond acceptors (Lipinski definition) is 3. The van der Waals surface area contributed by atoms with Crippen LogP contribution in [0.2, 0.25) is 0 Å². The Kier molecular flexibility index (Phi) is 3.64. The summed E-state index contributed by atoms with van der Waals surface area (Å²) in [5.74, 6) is 0.0579. The van der Waals surface area contributed by atoms with Gasteiger partial charge in [0.05, 0.1) is 7.11 Å². The highest BCUT2D eigenvalue weighted by Gasteiger charge is 2.26. The van der Waals surface area contributed by atoms with Gasteiger partial charge in [-0.2, -0.15) is 0 Å². The van der Waals surface area contributed by atoms with Crippen LogP contribution in [0.5, 0.6) is 5.75 Å². The summed E-state index contributed by atoms with van der Waals surface area (Å²) in [6.07, 6.45) is 2.64. The van der Waals surface area contributed by atoms with Crippen molar-refractivity contribution in [3.63, 3.8) is 0 Å². The van der Waals surface area contributed by atoms with E-state index in [9.17, 15) is 4.79 Å². The average Bonchev–Trinajstić information content (AvgIpc) is 2.39. The number of nitrogens with one attached hydrogen (secondary N) is 1. The van der Waals surface area contributed by atoms with Gasteiger partial charge < -0.3 is 9.84 Å². The summed E-state index contributed by atoms with van der Waals surface area (Å²) >= 11 is 0. The normalized spacial score (nSPS) is 24.3. The second-order valence-corrected chi connectivity index (χ2v) is 4.31. The smallest absolute Gasteiger partial charge is 0.320 e. The Hall–Kier alpha value is -1.55. The lowest BCUT2D eigenvalue weighted by Crippen LogP contribution is -2.42. The van der Waals surface area contributed by atoms with Gasteiger partial charge in [0.2, 0.25) is 0 Å². The van der Waals surface area contributed by atoms with Gasteiger partial charge in [-0.15, -0.1) is 0 Å². The van der Waals surface area contributed by atoms with Crippen molar-refractivity contribution >= 4 is 5.97 Å². The van der Waals surface area contributed by atoms with Gasteiger partial charge in [0.15, 0.2) is 0 Å². The van der Waals surface area contributed by atoms with Crippen molar-refractivity contribution in [2.45, 2.75) is 31.3 Å². The molecule has 4 nitrogen and oxygen atoms in total. The summed E-state index contributed by atoms with van der Waals surface area (Å²) in [6.45, 7) is 0. The molecule has 0 aliphatic carbocycles. The minimum Gasteiger partial charge on any atom is -0.497 e. The Bertz CT molecular complexity index is 388. The maximum absolute atomic E-state index is 10.9.